The fourth-order valence-electron chi connectivity index (χ4n) is 7.93. The van der Waals surface area contributed by atoms with Crippen molar-refractivity contribution >= 4 is 21.9 Å². The summed E-state index contributed by atoms with van der Waals surface area (Å²) in [6.07, 6.45) is 4.79. The van der Waals surface area contributed by atoms with Gasteiger partial charge in [-0.05, 0) is 121 Å². The monoisotopic (exact) mass is 593 g/mol. The Morgan fingerprint density at radius 1 is 0.644 bits per heavy atom. The quantitative estimate of drug-likeness (QED) is 0.144. The summed E-state index contributed by atoms with van der Waals surface area (Å²) < 4.78 is 6.13. The van der Waals surface area contributed by atoms with Crippen LogP contribution in [0.1, 0.15) is 89.3 Å². The van der Waals surface area contributed by atoms with Gasteiger partial charge in [0.1, 0.15) is 18.2 Å². The second-order valence-electron chi connectivity index (χ2n) is 13.2. The Labute approximate surface area is 263 Å². The molecular formula is C39H39N5O. The molecule has 0 bridgehead atoms. The highest BCUT2D eigenvalue weighted by Gasteiger charge is 2.52. The van der Waals surface area contributed by atoms with E-state index in [1.54, 1.807) is 0 Å². The van der Waals surface area contributed by atoms with Crippen LogP contribution in [0, 0.1) is 0 Å². The molecule has 6 heteroatoms. The van der Waals surface area contributed by atoms with E-state index in [1.807, 2.05) is 6.07 Å². The van der Waals surface area contributed by atoms with Crippen molar-refractivity contribution in [3.05, 3.63) is 131 Å². The summed E-state index contributed by atoms with van der Waals surface area (Å²) in [5.74, 6) is 3.17. The molecule has 1 saturated carbocycles. The zero-order valence-electron chi connectivity index (χ0n) is 25.4. The number of hydrogen-bond acceptors (Lipinski definition) is 4. The maximum absolute atomic E-state index is 6.13. The highest BCUT2D eigenvalue weighted by molar-refractivity contribution is 5.82. The molecule has 2 aliphatic heterocycles. The van der Waals surface area contributed by atoms with Crippen LogP contribution in [-0.4, -0.2) is 28.0 Å². The summed E-state index contributed by atoms with van der Waals surface area (Å²) in [7, 11) is 0. The normalized spacial score (nSPS) is 24.5. The Morgan fingerprint density at radius 2 is 1.33 bits per heavy atom. The van der Waals surface area contributed by atoms with E-state index in [0.29, 0.717) is 36.4 Å². The fourth-order valence-corrected chi connectivity index (χ4v) is 7.93. The molecule has 3 unspecified atom stereocenters. The van der Waals surface area contributed by atoms with E-state index in [4.69, 9.17) is 9.72 Å². The third kappa shape index (κ3) is 5.12. The average molecular weight is 594 g/mol. The van der Waals surface area contributed by atoms with Gasteiger partial charge in [-0.1, -0.05) is 60.7 Å². The SMILES string of the molecule is c1ccc(COc2ccc(C3C(c4ccc5cc([C@@H]6CCCN6)[nH]c5c4)C3c3ccc4nc([C@@H]5CCCN5)[nH]c4c3)cc2)cc1. The maximum Gasteiger partial charge on any atom is 0.124 e. The summed E-state index contributed by atoms with van der Waals surface area (Å²) in [6, 6.07) is 36.2. The number of benzene rings is 4. The van der Waals surface area contributed by atoms with Gasteiger partial charge in [-0.2, -0.15) is 0 Å². The smallest absolute Gasteiger partial charge is 0.124 e. The minimum Gasteiger partial charge on any atom is -0.489 e. The Hall–Kier alpha value is -4.39. The predicted molar refractivity (Wildman–Crippen MR) is 180 cm³/mol. The number of H-pyrrole nitrogens is 2. The van der Waals surface area contributed by atoms with Crippen molar-refractivity contribution in [1.29, 1.82) is 0 Å². The van der Waals surface area contributed by atoms with E-state index in [1.165, 1.54) is 58.1 Å². The number of hydrogen-bond donors (Lipinski definition) is 4. The van der Waals surface area contributed by atoms with Crippen LogP contribution in [-0.2, 0) is 6.61 Å². The Morgan fingerprint density at radius 3 is 2.09 bits per heavy atom. The Bertz CT molecular complexity index is 1850. The van der Waals surface area contributed by atoms with Crippen LogP contribution in [0.4, 0.5) is 0 Å². The van der Waals surface area contributed by atoms with Crippen LogP contribution in [0.5, 0.6) is 5.75 Å². The number of nitrogens with zero attached hydrogens (tertiary/aromatic N) is 1. The van der Waals surface area contributed by atoms with Crippen LogP contribution < -0.4 is 15.4 Å². The van der Waals surface area contributed by atoms with E-state index in [2.05, 4.69) is 112 Å². The van der Waals surface area contributed by atoms with Gasteiger partial charge in [-0.25, -0.2) is 4.98 Å². The standard InChI is InChI=1S/C39H39N5O/c1-2-6-24(7-3-1)23-45-29-15-12-25(13-16-29)36-37(27-11-10-26-20-34(42-33(26)21-27)30-8-4-18-40-30)38(36)28-14-17-31-35(22-28)44-39(43-31)32-9-5-19-41-32/h1-3,6-7,10-17,20-22,30,32,36-38,40-42H,4-5,8-9,18-19,23H2,(H,43,44)/t30-,32-,36?,37?,38?/m0/s1. The van der Waals surface area contributed by atoms with Gasteiger partial charge in [0.2, 0.25) is 0 Å². The number of imidazole rings is 1. The molecule has 6 nitrogen and oxygen atoms in total. The van der Waals surface area contributed by atoms with Crippen molar-refractivity contribution < 1.29 is 4.74 Å². The second kappa shape index (κ2) is 11.2. The number of ether oxygens (including phenoxy) is 1. The first-order chi connectivity index (χ1) is 22.3. The van der Waals surface area contributed by atoms with E-state index in [9.17, 15) is 0 Å². The van der Waals surface area contributed by atoms with Crippen LogP contribution in [0.25, 0.3) is 21.9 Å². The molecule has 4 N–H and O–H groups in total. The molecule has 4 heterocycles. The minimum absolute atomic E-state index is 0.335. The lowest BCUT2D eigenvalue weighted by Crippen LogP contribution is -2.13. The van der Waals surface area contributed by atoms with Crippen molar-refractivity contribution in [2.75, 3.05) is 13.1 Å². The molecular weight excluding hydrogens is 554 g/mol. The van der Waals surface area contributed by atoms with Crippen molar-refractivity contribution in [3.63, 3.8) is 0 Å². The highest BCUT2D eigenvalue weighted by Crippen LogP contribution is 2.66. The zero-order valence-corrected chi connectivity index (χ0v) is 25.4. The van der Waals surface area contributed by atoms with Gasteiger partial charge < -0.3 is 25.3 Å². The molecule has 0 amide bonds. The molecule has 45 heavy (non-hydrogen) atoms. The van der Waals surface area contributed by atoms with Gasteiger partial charge in [0.15, 0.2) is 0 Å². The van der Waals surface area contributed by atoms with Gasteiger partial charge in [0, 0.05) is 17.3 Å². The van der Waals surface area contributed by atoms with E-state index in [-0.39, 0.29) is 0 Å². The summed E-state index contributed by atoms with van der Waals surface area (Å²) in [5, 5.41) is 8.52. The first kappa shape index (κ1) is 27.0. The topological polar surface area (TPSA) is 77.8 Å². The highest BCUT2D eigenvalue weighted by atomic mass is 16.5. The second-order valence-corrected chi connectivity index (χ2v) is 13.2. The van der Waals surface area contributed by atoms with Gasteiger partial charge in [0.25, 0.3) is 0 Å². The van der Waals surface area contributed by atoms with Crippen molar-refractivity contribution in [2.45, 2.75) is 62.1 Å². The largest absolute Gasteiger partial charge is 0.489 e. The van der Waals surface area contributed by atoms with E-state index < -0.39 is 0 Å². The Balaban J connectivity index is 1.03. The molecule has 5 atom stereocenters. The van der Waals surface area contributed by atoms with Crippen molar-refractivity contribution in [2.24, 2.45) is 0 Å². The molecule has 9 rings (SSSR count). The third-order valence-electron chi connectivity index (χ3n) is 10.3. The number of nitrogens with one attached hydrogen (secondary N) is 4. The van der Waals surface area contributed by atoms with Crippen LogP contribution in [0.2, 0.25) is 0 Å². The van der Waals surface area contributed by atoms with Gasteiger partial charge in [0.05, 0.1) is 17.1 Å². The molecule has 2 aromatic heterocycles. The van der Waals surface area contributed by atoms with Gasteiger partial charge >= 0.3 is 0 Å². The van der Waals surface area contributed by atoms with Crippen LogP contribution in [0.3, 0.4) is 0 Å². The number of aromatic amines is 2. The summed E-state index contributed by atoms with van der Waals surface area (Å²) >= 11 is 0. The molecule has 4 aromatic carbocycles. The van der Waals surface area contributed by atoms with Gasteiger partial charge in [-0.3, -0.25) is 0 Å². The van der Waals surface area contributed by atoms with Gasteiger partial charge in [-0.15, -0.1) is 0 Å². The lowest BCUT2D eigenvalue weighted by atomic mass is 10.0. The predicted octanol–water partition coefficient (Wildman–Crippen LogP) is 8.14. The molecule has 0 spiro atoms. The Kier molecular flexibility index (Phi) is 6.71. The number of rotatable bonds is 8. The lowest BCUT2D eigenvalue weighted by molar-refractivity contribution is 0.306. The fraction of sp³-hybridized carbons (Fsp3) is 0.308. The van der Waals surface area contributed by atoms with E-state index in [0.717, 1.165) is 42.1 Å². The van der Waals surface area contributed by atoms with Crippen LogP contribution >= 0.6 is 0 Å². The minimum atomic E-state index is 0.335. The first-order valence-electron chi connectivity index (χ1n) is 16.6. The zero-order chi connectivity index (χ0) is 29.7. The summed E-state index contributed by atoms with van der Waals surface area (Å²) in [4.78, 5) is 12.4. The van der Waals surface area contributed by atoms with E-state index >= 15 is 0 Å². The molecule has 2 saturated heterocycles. The first-order valence-corrected chi connectivity index (χ1v) is 16.6. The lowest BCUT2D eigenvalue weighted by Gasteiger charge is -2.08. The molecule has 3 fully saturated rings. The summed E-state index contributed by atoms with van der Waals surface area (Å²) in [6.45, 7) is 2.75. The number of fused-ring (bicyclic) bond motifs is 2. The molecule has 6 aromatic rings. The maximum atomic E-state index is 6.13. The summed E-state index contributed by atoms with van der Waals surface area (Å²) in [5.41, 5.74) is 10.1. The van der Waals surface area contributed by atoms with Crippen molar-refractivity contribution in [3.8, 4) is 5.75 Å². The average Bonchev–Trinajstić information content (AvgIpc) is 3.70. The molecule has 1 aliphatic carbocycles. The third-order valence-corrected chi connectivity index (χ3v) is 10.3. The molecule has 0 radical (unpaired) electrons. The number of aromatic nitrogens is 3. The van der Waals surface area contributed by atoms with Crippen LogP contribution in [0.15, 0.2) is 97.1 Å². The molecule has 3 aliphatic rings. The van der Waals surface area contributed by atoms with Crippen molar-refractivity contribution in [1.82, 2.24) is 25.6 Å². The molecule has 226 valence electrons.